The van der Waals surface area contributed by atoms with Crippen LogP contribution in [0.3, 0.4) is 0 Å². The van der Waals surface area contributed by atoms with E-state index in [0.29, 0.717) is 0 Å². The van der Waals surface area contributed by atoms with E-state index in [0.717, 1.165) is 25.1 Å². The fraction of sp³-hybridized carbons (Fsp3) is 0.467. The Hall–Kier alpha value is -1.10. The first-order valence-electron chi connectivity index (χ1n) is 6.74. The van der Waals surface area contributed by atoms with E-state index < -0.39 is 0 Å². The smallest absolute Gasteiger partial charge is 0.122 e. The summed E-state index contributed by atoms with van der Waals surface area (Å²) >= 11 is 1.81. The van der Waals surface area contributed by atoms with Gasteiger partial charge in [0.1, 0.15) is 5.76 Å². The lowest BCUT2D eigenvalue weighted by Gasteiger charge is -2.30. The van der Waals surface area contributed by atoms with Crippen LogP contribution in [0.15, 0.2) is 40.3 Å². The molecule has 3 nitrogen and oxygen atoms in total. The number of hydrogen-bond acceptors (Lipinski definition) is 4. The first-order chi connectivity index (χ1) is 9.22. The molecule has 0 aliphatic carbocycles. The SMILES string of the molecule is CCC(N)C(c1ccco1)N(C)CCc1cccs1. The van der Waals surface area contributed by atoms with Crippen LogP contribution in [0.2, 0.25) is 0 Å². The molecule has 2 atom stereocenters. The Morgan fingerprint density at radius 2 is 2.21 bits per heavy atom. The molecule has 0 amide bonds. The van der Waals surface area contributed by atoms with Crippen molar-refractivity contribution in [1.29, 1.82) is 0 Å². The van der Waals surface area contributed by atoms with Crippen LogP contribution in [-0.2, 0) is 6.42 Å². The zero-order chi connectivity index (χ0) is 13.7. The minimum absolute atomic E-state index is 0.0967. The number of furan rings is 1. The van der Waals surface area contributed by atoms with Gasteiger partial charge in [0.2, 0.25) is 0 Å². The molecule has 4 heteroatoms. The molecule has 2 heterocycles. The first kappa shape index (κ1) is 14.3. The van der Waals surface area contributed by atoms with Crippen molar-refractivity contribution in [2.45, 2.75) is 31.8 Å². The highest BCUT2D eigenvalue weighted by Crippen LogP contribution is 2.24. The minimum Gasteiger partial charge on any atom is -0.468 e. The summed E-state index contributed by atoms with van der Waals surface area (Å²) in [6.45, 7) is 3.10. The number of thiophene rings is 1. The Labute approximate surface area is 119 Å². The van der Waals surface area contributed by atoms with Crippen LogP contribution >= 0.6 is 11.3 Å². The second-order valence-corrected chi connectivity index (χ2v) is 5.87. The summed E-state index contributed by atoms with van der Waals surface area (Å²) in [7, 11) is 2.12. The third-order valence-corrected chi connectivity index (χ3v) is 4.41. The van der Waals surface area contributed by atoms with Crippen molar-refractivity contribution in [1.82, 2.24) is 4.90 Å². The van der Waals surface area contributed by atoms with Gasteiger partial charge in [0.15, 0.2) is 0 Å². The minimum atomic E-state index is 0.0967. The highest BCUT2D eigenvalue weighted by atomic mass is 32.1. The first-order valence-corrected chi connectivity index (χ1v) is 7.62. The van der Waals surface area contributed by atoms with Gasteiger partial charge in [0.25, 0.3) is 0 Å². The predicted molar refractivity (Wildman–Crippen MR) is 80.4 cm³/mol. The molecule has 0 aliphatic heterocycles. The molecule has 0 saturated carbocycles. The molecule has 104 valence electrons. The van der Waals surface area contributed by atoms with Crippen LogP contribution in [0.4, 0.5) is 0 Å². The van der Waals surface area contributed by atoms with E-state index >= 15 is 0 Å². The van der Waals surface area contributed by atoms with E-state index in [1.807, 2.05) is 12.1 Å². The zero-order valence-corrected chi connectivity index (χ0v) is 12.4. The second kappa shape index (κ2) is 6.89. The lowest BCUT2D eigenvalue weighted by atomic mass is 10.0. The maximum Gasteiger partial charge on any atom is 0.122 e. The quantitative estimate of drug-likeness (QED) is 0.845. The fourth-order valence-electron chi connectivity index (χ4n) is 2.32. The molecule has 0 bridgehead atoms. The topological polar surface area (TPSA) is 42.4 Å². The summed E-state index contributed by atoms with van der Waals surface area (Å²) in [5.74, 6) is 0.961. The summed E-state index contributed by atoms with van der Waals surface area (Å²) in [6.07, 6.45) is 3.72. The van der Waals surface area contributed by atoms with E-state index in [1.165, 1.54) is 4.88 Å². The molecule has 0 saturated heterocycles. The Bertz CT molecular complexity index is 452. The molecule has 19 heavy (non-hydrogen) atoms. The lowest BCUT2D eigenvalue weighted by molar-refractivity contribution is 0.185. The molecule has 2 rings (SSSR count). The van der Waals surface area contributed by atoms with Crippen LogP contribution < -0.4 is 5.73 Å². The molecule has 0 spiro atoms. The van der Waals surface area contributed by atoms with Crippen molar-refractivity contribution in [2.24, 2.45) is 5.73 Å². The normalized spacial score (nSPS) is 14.7. The number of nitrogens with zero attached hydrogens (tertiary/aromatic N) is 1. The van der Waals surface area contributed by atoms with E-state index in [9.17, 15) is 0 Å². The summed E-state index contributed by atoms with van der Waals surface area (Å²) in [6, 6.07) is 8.47. The third kappa shape index (κ3) is 3.69. The highest BCUT2D eigenvalue weighted by molar-refractivity contribution is 7.09. The zero-order valence-electron chi connectivity index (χ0n) is 11.6. The van der Waals surface area contributed by atoms with Gasteiger partial charge in [-0.25, -0.2) is 0 Å². The van der Waals surface area contributed by atoms with Gasteiger partial charge in [-0.2, -0.15) is 0 Å². The summed E-state index contributed by atoms with van der Waals surface area (Å²) < 4.78 is 5.56. The van der Waals surface area contributed by atoms with Crippen molar-refractivity contribution in [3.05, 3.63) is 46.5 Å². The summed E-state index contributed by atoms with van der Waals surface area (Å²) in [5, 5.41) is 2.12. The Morgan fingerprint density at radius 1 is 1.37 bits per heavy atom. The number of hydrogen-bond donors (Lipinski definition) is 1. The summed E-state index contributed by atoms with van der Waals surface area (Å²) in [4.78, 5) is 3.71. The average molecular weight is 278 g/mol. The molecule has 0 fully saturated rings. The van der Waals surface area contributed by atoms with E-state index in [-0.39, 0.29) is 12.1 Å². The molecular weight excluding hydrogens is 256 g/mol. The Morgan fingerprint density at radius 3 is 2.79 bits per heavy atom. The van der Waals surface area contributed by atoms with E-state index in [2.05, 4.69) is 36.4 Å². The molecule has 2 aromatic rings. The van der Waals surface area contributed by atoms with Crippen molar-refractivity contribution in [3.63, 3.8) is 0 Å². The molecule has 2 aromatic heterocycles. The van der Waals surface area contributed by atoms with Gasteiger partial charge in [0, 0.05) is 17.5 Å². The van der Waals surface area contributed by atoms with Gasteiger partial charge in [0.05, 0.1) is 12.3 Å². The van der Waals surface area contributed by atoms with Crippen LogP contribution in [0.25, 0.3) is 0 Å². The summed E-state index contributed by atoms with van der Waals surface area (Å²) in [5.41, 5.74) is 6.26. The van der Waals surface area contributed by atoms with Crippen molar-refractivity contribution < 1.29 is 4.42 Å². The average Bonchev–Trinajstić information content (AvgIpc) is 3.09. The largest absolute Gasteiger partial charge is 0.468 e. The molecule has 2 unspecified atom stereocenters. The lowest BCUT2D eigenvalue weighted by Crippen LogP contribution is -2.39. The molecule has 0 aromatic carbocycles. The number of nitrogens with two attached hydrogens (primary N) is 1. The van der Waals surface area contributed by atoms with Gasteiger partial charge < -0.3 is 10.2 Å². The third-order valence-electron chi connectivity index (χ3n) is 3.48. The maximum atomic E-state index is 6.26. The number of rotatable bonds is 7. The molecule has 2 N–H and O–H groups in total. The van der Waals surface area contributed by atoms with E-state index in [1.54, 1.807) is 17.6 Å². The van der Waals surface area contributed by atoms with Crippen molar-refractivity contribution in [3.8, 4) is 0 Å². The molecular formula is C15H22N2OS. The fourth-order valence-corrected chi connectivity index (χ4v) is 3.02. The molecule has 0 radical (unpaired) electrons. The van der Waals surface area contributed by atoms with Crippen LogP contribution in [0.5, 0.6) is 0 Å². The number of likely N-dealkylation sites (N-methyl/N-ethyl adjacent to an activating group) is 1. The Kier molecular flexibility index (Phi) is 5.19. The monoisotopic (exact) mass is 278 g/mol. The van der Waals surface area contributed by atoms with Crippen molar-refractivity contribution in [2.75, 3.05) is 13.6 Å². The van der Waals surface area contributed by atoms with Gasteiger partial charge in [-0.15, -0.1) is 11.3 Å². The van der Waals surface area contributed by atoms with Gasteiger partial charge in [-0.1, -0.05) is 13.0 Å². The van der Waals surface area contributed by atoms with Crippen LogP contribution in [0.1, 0.15) is 30.0 Å². The van der Waals surface area contributed by atoms with E-state index in [4.69, 9.17) is 10.2 Å². The van der Waals surface area contributed by atoms with Crippen LogP contribution in [0, 0.1) is 0 Å². The molecule has 0 aliphatic rings. The highest BCUT2D eigenvalue weighted by Gasteiger charge is 2.25. The van der Waals surface area contributed by atoms with Gasteiger partial charge in [-0.05, 0) is 43.5 Å². The van der Waals surface area contributed by atoms with Gasteiger partial charge >= 0.3 is 0 Å². The van der Waals surface area contributed by atoms with Crippen LogP contribution in [-0.4, -0.2) is 24.5 Å². The Balaban J connectivity index is 2.01. The van der Waals surface area contributed by atoms with Crippen molar-refractivity contribution >= 4 is 11.3 Å². The van der Waals surface area contributed by atoms with Gasteiger partial charge in [-0.3, -0.25) is 4.90 Å². The standard InChI is InChI=1S/C15H22N2OS/c1-3-13(16)15(14-7-4-10-18-14)17(2)9-8-12-6-5-11-19-12/h4-7,10-11,13,15H,3,8-9,16H2,1-2H3. The second-order valence-electron chi connectivity index (χ2n) is 4.84. The predicted octanol–water partition coefficient (Wildman–Crippen LogP) is 3.29. The maximum absolute atomic E-state index is 6.26.